The maximum atomic E-state index is 12.4. The minimum Gasteiger partial charge on any atom is -0.274 e. The molecule has 0 spiro atoms. The van der Waals surface area contributed by atoms with Gasteiger partial charge >= 0.3 is 0 Å². The Morgan fingerprint density at radius 1 is 1.19 bits per heavy atom. The third kappa shape index (κ3) is 4.00. The van der Waals surface area contributed by atoms with Crippen LogP contribution in [0.2, 0.25) is 0 Å². The highest BCUT2D eigenvalue weighted by Gasteiger charge is 2.22. The number of aromatic nitrogens is 3. The van der Waals surface area contributed by atoms with Crippen molar-refractivity contribution < 1.29 is 4.79 Å². The molecule has 5 rings (SSSR count). The van der Waals surface area contributed by atoms with E-state index in [1.54, 1.807) is 29.9 Å². The SMILES string of the molecule is CCc1ccc(N(C(C)=O)c2nc(CSc3ncnc4sc5c(c34)CCC5)cs2)cc1. The fourth-order valence-electron chi connectivity index (χ4n) is 3.92. The van der Waals surface area contributed by atoms with Crippen molar-refractivity contribution >= 4 is 61.4 Å². The summed E-state index contributed by atoms with van der Waals surface area (Å²) >= 11 is 5.02. The molecule has 1 aliphatic rings. The van der Waals surface area contributed by atoms with Gasteiger partial charge in [0.05, 0.1) is 11.4 Å². The highest BCUT2D eigenvalue weighted by molar-refractivity contribution is 7.98. The number of thioether (sulfide) groups is 1. The first-order valence-corrected chi connectivity index (χ1v) is 13.0. The van der Waals surface area contributed by atoms with Gasteiger partial charge in [0.2, 0.25) is 5.91 Å². The summed E-state index contributed by atoms with van der Waals surface area (Å²) in [4.78, 5) is 30.5. The molecule has 5 nitrogen and oxygen atoms in total. The zero-order valence-corrected chi connectivity index (χ0v) is 19.9. The van der Waals surface area contributed by atoms with Crippen LogP contribution < -0.4 is 4.90 Å². The molecule has 0 saturated heterocycles. The van der Waals surface area contributed by atoms with Gasteiger partial charge in [-0.3, -0.25) is 9.69 Å². The van der Waals surface area contributed by atoms with Gasteiger partial charge in [-0.25, -0.2) is 15.0 Å². The van der Waals surface area contributed by atoms with Gasteiger partial charge in [0.15, 0.2) is 5.13 Å². The standard InChI is InChI=1S/C23H22N4OS3/c1-3-15-7-9-17(10-8-15)27(14(2)28)23-26-16(12-30-23)11-29-21-20-18-5-4-6-19(18)31-22(20)25-13-24-21/h7-10,12-13H,3-6,11H2,1-2H3. The van der Waals surface area contributed by atoms with Crippen molar-refractivity contribution in [1.29, 1.82) is 0 Å². The van der Waals surface area contributed by atoms with Gasteiger partial charge in [-0.2, -0.15) is 0 Å². The number of hydrogen-bond donors (Lipinski definition) is 0. The van der Waals surface area contributed by atoms with Crippen molar-refractivity contribution in [1.82, 2.24) is 15.0 Å². The Bertz CT molecular complexity index is 1250. The van der Waals surface area contributed by atoms with Crippen LogP contribution in [0.5, 0.6) is 0 Å². The van der Waals surface area contributed by atoms with E-state index in [9.17, 15) is 4.79 Å². The van der Waals surface area contributed by atoms with Crippen molar-refractivity contribution in [2.24, 2.45) is 0 Å². The van der Waals surface area contributed by atoms with E-state index in [4.69, 9.17) is 4.98 Å². The Labute approximate surface area is 193 Å². The molecule has 0 fully saturated rings. The van der Waals surface area contributed by atoms with Gasteiger partial charge in [-0.15, -0.1) is 22.7 Å². The minimum atomic E-state index is -0.0378. The number of thiophene rings is 1. The lowest BCUT2D eigenvalue weighted by Crippen LogP contribution is -2.22. The molecule has 3 aromatic heterocycles. The number of nitrogens with zero attached hydrogens (tertiary/aromatic N) is 4. The summed E-state index contributed by atoms with van der Waals surface area (Å²) in [5.74, 6) is 0.678. The van der Waals surface area contributed by atoms with Gasteiger partial charge in [0.25, 0.3) is 0 Å². The summed E-state index contributed by atoms with van der Waals surface area (Å²) in [5.41, 5.74) is 4.50. The lowest BCUT2D eigenvalue weighted by Gasteiger charge is -2.18. The molecule has 4 aromatic rings. The predicted molar refractivity (Wildman–Crippen MR) is 130 cm³/mol. The Morgan fingerprint density at radius 3 is 2.81 bits per heavy atom. The average molecular weight is 467 g/mol. The van der Waals surface area contributed by atoms with Gasteiger partial charge < -0.3 is 0 Å². The number of rotatable bonds is 6. The normalized spacial score (nSPS) is 13.0. The van der Waals surface area contributed by atoms with E-state index in [1.807, 2.05) is 28.8 Å². The van der Waals surface area contributed by atoms with Gasteiger partial charge in [-0.1, -0.05) is 30.8 Å². The molecule has 8 heteroatoms. The van der Waals surface area contributed by atoms with Crippen LogP contribution in [0, 0.1) is 0 Å². The molecule has 0 atom stereocenters. The Morgan fingerprint density at radius 2 is 2.03 bits per heavy atom. The van der Waals surface area contributed by atoms with Crippen LogP contribution in [0.1, 0.15) is 42.0 Å². The monoisotopic (exact) mass is 466 g/mol. The summed E-state index contributed by atoms with van der Waals surface area (Å²) in [6.07, 6.45) is 6.16. The van der Waals surface area contributed by atoms with Crippen molar-refractivity contribution in [2.45, 2.75) is 50.3 Å². The molecule has 0 unspecified atom stereocenters. The van der Waals surface area contributed by atoms with Gasteiger partial charge in [0, 0.05) is 28.3 Å². The van der Waals surface area contributed by atoms with Crippen molar-refractivity contribution in [2.75, 3.05) is 4.90 Å². The fourth-order valence-corrected chi connectivity index (χ4v) is 7.13. The Kier molecular flexibility index (Phi) is 5.77. The van der Waals surface area contributed by atoms with Crippen LogP contribution in [-0.4, -0.2) is 20.9 Å². The Hall–Kier alpha value is -2.29. The summed E-state index contributed by atoms with van der Waals surface area (Å²) in [6, 6.07) is 8.11. The fraction of sp³-hybridized carbons (Fsp3) is 0.304. The minimum absolute atomic E-state index is 0.0378. The van der Waals surface area contributed by atoms with Gasteiger partial charge in [0.1, 0.15) is 16.2 Å². The molecule has 0 radical (unpaired) electrons. The number of fused-ring (bicyclic) bond motifs is 3. The predicted octanol–water partition coefficient (Wildman–Crippen LogP) is 6.18. The molecule has 1 aromatic carbocycles. The number of hydrogen-bond acceptors (Lipinski definition) is 7. The maximum absolute atomic E-state index is 12.4. The molecule has 0 aliphatic heterocycles. The molecule has 1 amide bonds. The number of aryl methyl sites for hydroxylation is 3. The summed E-state index contributed by atoms with van der Waals surface area (Å²) in [6.45, 7) is 3.70. The van der Waals surface area contributed by atoms with Crippen molar-refractivity contribution in [3.63, 3.8) is 0 Å². The van der Waals surface area contributed by atoms with E-state index in [-0.39, 0.29) is 5.91 Å². The van der Waals surface area contributed by atoms with E-state index in [2.05, 4.69) is 29.0 Å². The van der Waals surface area contributed by atoms with Crippen LogP contribution in [0.15, 0.2) is 41.0 Å². The van der Waals surface area contributed by atoms with E-state index in [0.29, 0.717) is 10.9 Å². The van der Waals surface area contributed by atoms with E-state index in [1.165, 1.54) is 39.1 Å². The van der Waals surface area contributed by atoms with Crippen LogP contribution in [0.25, 0.3) is 10.2 Å². The van der Waals surface area contributed by atoms with Crippen LogP contribution in [0.3, 0.4) is 0 Å². The number of thiazole rings is 1. The number of anilines is 2. The highest BCUT2D eigenvalue weighted by atomic mass is 32.2. The molecule has 1 aliphatic carbocycles. The molecule has 0 bridgehead atoms. The van der Waals surface area contributed by atoms with Crippen molar-refractivity contribution in [3.05, 3.63) is 57.7 Å². The maximum Gasteiger partial charge on any atom is 0.230 e. The molecular weight excluding hydrogens is 444 g/mol. The second-order valence-electron chi connectivity index (χ2n) is 7.50. The molecule has 3 heterocycles. The van der Waals surface area contributed by atoms with E-state index < -0.39 is 0 Å². The first-order chi connectivity index (χ1) is 15.1. The quantitative estimate of drug-likeness (QED) is 0.251. The number of carbonyl (C=O) groups is 1. The van der Waals surface area contributed by atoms with Crippen LogP contribution in [-0.2, 0) is 29.8 Å². The smallest absolute Gasteiger partial charge is 0.230 e. The summed E-state index contributed by atoms with van der Waals surface area (Å²) < 4.78 is 0. The van der Waals surface area contributed by atoms with Crippen LogP contribution >= 0.6 is 34.4 Å². The molecule has 0 saturated carbocycles. The number of benzene rings is 1. The summed E-state index contributed by atoms with van der Waals surface area (Å²) in [5, 5.41) is 5.02. The second-order valence-corrected chi connectivity index (χ2v) is 10.4. The zero-order chi connectivity index (χ0) is 21.4. The topological polar surface area (TPSA) is 59.0 Å². The zero-order valence-electron chi connectivity index (χ0n) is 17.4. The molecular formula is C23H22N4OS3. The first kappa shape index (κ1) is 20.6. The van der Waals surface area contributed by atoms with E-state index >= 15 is 0 Å². The number of amides is 1. The Balaban J connectivity index is 1.37. The first-order valence-electron chi connectivity index (χ1n) is 10.4. The third-order valence-corrected chi connectivity index (χ3v) is 8.57. The van der Waals surface area contributed by atoms with Crippen LogP contribution in [0.4, 0.5) is 10.8 Å². The summed E-state index contributed by atoms with van der Waals surface area (Å²) in [7, 11) is 0. The highest BCUT2D eigenvalue weighted by Crippen LogP contribution is 2.41. The molecule has 158 valence electrons. The average Bonchev–Trinajstić information content (AvgIpc) is 3.49. The van der Waals surface area contributed by atoms with E-state index in [0.717, 1.165) is 40.5 Å². The lowest BCUT2D eigenvalue weighted by molar-refractivity contribution is -0.115. The largest absolute Gasteiger partial charge is 0.274 e. The molecule has 0 N–H and O–H groups in total. The lowest BCUT2D eigenvalue weighted by atomic mass is 10.1. The third-order valence-electron chi connectivity index (χ3n) is 5.47. The van der Waals surface area contributed by atoms with Crippen molar-refractivity contribution in [3.8, 4) is 0 Å². The number of carbonyl (C=O) groups excluding carboxylic acids is 1. The molecule has 31 heavy (non-hydrogen) atoms. The van der Waals surface area contributed by atoms with Gasteiger partial charge in [-0.05, 0) is 48.9 Å². The second kappa shape index (κ2) is 8.68.